The Balaban J connectivity index is 1.97. The average molecular weight is 305 g/mol. The van der Waals surface area contributed by atoms with Crippen LogP contribution in [0, 0.1) is 5.82 Å². The minimum Gasteiger partial charge on any atom is -0.271 e. The largest absolute Gasteiger partial charge is 0.271 e. The van der Waals surface area contributed by atoms with E-state index in [1.165, 1.54) is 12.1 Å². The van der Waals surface area contributed by atoms with Gasteiger partial charge in [-0.05, 0) is 42.3 Å². The molecule has 0 aliphatic heterocycles. The Morgan fingerprint density at radius 1 is 1.33 bits per heavy atom. The number of nitrogens with one attached hydrogen (secondary N) is 1. The predicted octanol–water partition coefficient (Wildman–Crippen LogP) is 2.87. The van der Waals surface area contributed by atoms with Crippen molar-refractivity contribution in [2.45, 2.75) is 12.5 Å². The van der Waals surface area contributed by atoms with E-state index in [9.17, 15) is 4.39 Å². The Kier molecular flexibility index (Phi) is 3.88. The molecule has 0 saturated heterocycles. The topological polar surface area (TPSA) is 55.3 Å². The highest BCUT2D eigenvalue weighted by Gasteiger charge is 2.17. The highest BCUT2D eigenvalue weighted by molar-refractivity contribution is 6.31. The predicted molar refractivity (Wildman–Crippen MR) is 80.4 cm³/mol. The summed E-state index contributed by atoms with van der Waals surface area (Å²) >= 11 is 6.12. The molecule has 4 nitrogen and oxygen atoms in total. The van der Waals surface area contributed by atoms with Gasteiger partial charge in [-0.15, -0.1) is 0 Å². The number of hydrogen-bond donors (Lipinski definition) is 2. The van der Waals surface area contributed by atoms with Crippen LogP contribution < -0.4 is 11.3 Å². The summed E-state index contributed by atoms with van der Waals surface area (Å²) < 4.78 is 15.1. The summed E-state index contributed by atoms with van der Waals surface area (Å²) in [5.74, 6) is 5.35. The first-order chi connectivity index (χ1) is 10.2. The van der Waals surface area contributed by atoms with Crippen LogP contribution in [0.2, 0.25) is 5.02 Å². The molecule has 0 saturated carbocycles. The molecule has 0 radical (unpaired) electrons. The first kappa shape index (κ1) is 14.0. The number of hydrazine groups is 1. The molecular formula is C15H14ClFN4. The molecule has 0 aliphatic carbocycles. The number of hydrogen-bond acceptors (Lipinski definition) is 3. The van der Waals surface area contributed by atoms with Gasteiger partial charge in [-0.25, -0.2) is 8.91 Å². The smallest absolute Gasteiger partial charge is 0.123 e. The van der Waals surface area contributed by atoms with Gasteiger partial charge < -0.3 is 0 Å². The van der Waals surface area contributed by atoms with Crippen LogP contribution >= 0.6 is 11.6 Å². The van der Waals surface area contributed by atoms with Gasteiger partial charge >= 0.3 is 0 Å². The summed E-state index contributed by atoms with van der Waals surface area (Å²) in [6.45, 7) is 0. The van der Waals surface area contributed by atoms with Gasteiger partial charge in [0.05, 0.1) is 17.8 Å². The fourth-order valence-corrected chi connectivity index (χ4v) is 2.60. The summed E-state index contributed by atoms with van der Waals surface area (Å²) in [4.78, 5) is 0. The van der Waals surface area contributed by atoms with E-state index in [4.69, 9.17) is 17.4 Å². The third-order valence-corrected chi connectivity index (χ3v) is 3.83. The maximum atomic E-state index is 13.4. The van der Waals surface area contributed by atoms with Crippen LogP contribution in [-0.4, -0.2) is 9.61 Å². The number of aromatic nitrogens is 2. The second-order valence-electron chi connectivity index (χ2n) is 4.79. The van der Waals surface area contributed by atoms with Gasteiger partial charge in [0.15, 0.2) is 0 Å². The molecule has 3 N–H and O–H groups in total. The number of nitrogens with two attached hydrogens (primary N) is 1. The molecule has 0 spiro atoms. The number of halogens is 2. The zero-order valence-electron chi connectivity index (χ0n) is 11.1. The molecule has 1 atom stereocenters. The van der Waals surface area contributed by atoms with Crippen molar-refractivity contribution in [3.8, 4) is 0 Å². The highest BCUT2D eigenvalue weighted by atomic mass is 35.5. The zero-order valence-corrected chi connectivity index (χ0v) is 11.9. The van der Waals surface area contributed by atoms with Gasteiger partial charge in [0.25, 0.3) is 0 Å². The van der Waals surface area contributed by atoms with E-state index in [0.29, 0.717) is 17.0 Å². The molecular weight excluding hydrogens is 291 g/mol. The van der Waals surface area contributed by atoms with E-state index >= 15 is 0 Å². The molecule has 108 valence electrons. The van der Waals surface area contributed by atoms with E-state index in [2.05, 4.69) is 10.5 Å². The van der Waals surface area contributed by atoms with E-state index in [1.54, 1.807) is 16.8 Å². The van der Waals surface area contributed by atoms with Gasteiger partial charge in [-0.1, -0.05) is 17.7 Å². The van der Waals surface area contributed by atoms with E-state index in [-0.39, 0.29) is 11.9 Å². The Morgan fingerprint density at radius 3 is 3.00 bits per heavy atom. The Labute approximate surface area is 126 Å². The van der Waals surface area contributed by atoms with Gasteiger partial charge in [-0.2, -0.15) is 5.10 Å². The first-order valence-corrected chi connectivity index (χ1v) is 6.89. The second-order valence-corrected chi connectivity index (χ2v) is 5.20. The van der Waals surface area contributed by atoms with Crippen molar-refractivity contribution in [1.82, 2.24) is 15.0 Å². The minimum atomic E-state index is -0.315. The van der Waals surface area contributed by atoms with Crippen LogP contribution in [-0.2, 0) is 6.42 Å². The van der Waals surface area contributed by atoms with Crippen molar-refractivity contribution in [3.05, 3.63) is 70.8 Å². The molecule has 6 heteroatoms. The lowest BCUT2D eigenvalue weighted by atomic mass is 10.0. The second kappa shape index (κ2) is 5.81. The van der Waals surface area contributed by atoms with Crippen molar-refractivity contribution in [2.75, 3.05) is 0 Å². The molecule has 2 heterocycles. The first-order valence-electron chi connectivity index (χ1n) is 6.51. The number of pyridine rings is 1. The van der Waals surface area contributed by atoms with Gasteiger partial charge in [0.1, 0.15) is 5.82 Å². The van der Waals surface area contributed by atoms with Crippen LogP contribution in [0.3, 0.4) is 0 Å². The molecule has 0 amide bonds. The Morgan fingerprint density at radius 2 is 2.19 bits per heavy atom. The normalized spacial score (nSPS) is 12.7. The molecule has 2 aromatic heterocycles. The van der Waals surface area contributed by atoms with Crippen LogP contribution in [0.25, 0.3) is 5.52 Å². The molecule has 0 fully saturated rings. The minimum absolute atomic E-state index is 0.204. The molecule has 1 aromatic carbocycles. The quantitative estimate of drug-likeness (QED) is 0.575. The van der Waals surface area contributed by atoms with Crippen molar-refractivity contribution in [2.24, 2.45) is 5.84 Å². The van der Waals surface area contributed by atoms with E-state index in [0.717, 1.165) is 11.1 Å². The lowest BCUT2D eigenvalue weighted by molar-refractivity contribution is 0.552. The van der Waals surface area contributed by atoms with Crippen LogP contribution in [0.4, 0.5) is 4.39 Å². The Hall–Kier alpha value is -1.95. The molecule has 3 rings (SSSR count). The average Bonchev–Trinajstić information content (AvgIpc) is 2.92. The molecule has 3 aromatic rings. The summed E-state index contributed by atoms with van der Waals surface area (Å²) in [6.07, 6.45) is 4.10. The SMILES string of the molecule is NNC(Cc1cc(F)ccc1Cl)c1cnn2ccccc12. The summed E-state index contributed by atoms with van der Waals surface area (Å²) in [6, 6.07) is 9.91. The third-order valence-electron chi connectivity index (χ3n) is 3.46. The fraction of sp³-hybridized carbons (Fsp3) is 0.133. The molecule has 0 aliphatic rings. The maximum absolute atomic E-state index is 13.4. The summed E-state index contributed by atoms with van der Waals surface area (Å²) in [7, 11) is 0. The molecule has 0 bridgehead atoms. The van der Waals surface area contributed by atoms with Crippen LogP contribution in [0.15, 0.2) is 48.8 Å². The van der Waals surface area contributed by atoms with Crippen molar-refractivity contribution in [3.63, 3.8) is 0 Å². The number of benzene rings is 1. The van der Waals surface area contributed by atoms with Crippen LogP contribution in [0.1, 0.15) is 17.2 Å². The van der Waals surface area contributed by atoms with Crippen molar-refractivity contribution < 1.29 is 4.39 Å². The van der Waals surface area contributed by atoms with Gasteiger partial charge in [-0.3, -0.25) is 11.3 Å². The van der Waals surface area contributed by atoms with E-state index in [1.807, 2.05) is 24.4 Å². The summed E-state index contributed by atoms with van der Waals surface area (Å²) in [5.41, 5.74) is 5.36. The number of rotatable bonds is 4. The highest BCUT2D eigenvalue weighted by Crippen LogP contribution is 2.26. The zero-order chi connectivity index (χ0) is 14.8. The lowest BCUT2D eigenvalue weighted by Crippen LogP contribution is -2.29. The summed E-state index contributed by atoms with van der Waals surface area (Å²) in [5, 5.41) is 4.80. The lowest BCUT2D eigenvalue weighted by Gasteiger charge is -2.16. The number of nitrogens with zero attached hydrogens (tertiary/aromatic N) is 2. The van der Waals surface area contributed by atoms with Gasteiger partial charge in [0.2, 0.25) is 0 Å². The van der Waals surface area contributed by atoms with Crippen molar-refractivity contribution >= 4 is 17.1 Å². The maximum Gasteiger partial charge on any atom is 0.123 e. The fourth-order valence-electron chi connectivity index (χ4n) is 2.40. The van der Waals surface area contributed by atoms with Gasteiger partial charge in [0, 0.05) is 16.8 Å². The third kappa shape index (κ3) is 2.76. The standard InChI is InChI=1S/C15H14ClFN4/c16-13-5-4-11(17)7-10(13)8-14(20-18)12-9-19-21-6-2-1-3-15(12)21/h1-7,9,14,20H,8,18H2. The van der Waals surface area contributed by atoms with E-state index < -0.39 is 0 Å². The molecule has 21 heavy (non-hydrogen) atoms. The monoisotopic (exact) mass is 304 g/mol. The number of fused-ring (bicyclic) bond motifs is 1. The van der Waals surface area contributed by atoms with Crippen LogP contribution in [0.5, 0.6) is 0 Å². The van der Waals surface area contributed by atoms with Crippen molar-refractivity contribution in [1.29, 1.82) is 0 Å². The molecule has 1 unspecified atom stereocenters. The Bertz CT molecular complexity index is 771.